The molecule has 0 aliphatic rings. The first kappa shape index (κ1) is 23.1. The van der Waals surface area contributed by atoms with Crippen LogP contribution in [-0.2, 0) is 23.7 Å². The number of hydrogen-bond acceptors (Lipinski definition) is 5. The van der Waals surface area contributed by atoms with E-state index in [1.54, 1.807) is 14.2 Å². The third-order valence-electron chi connectivity index (χ3n) is 2.52. The Hall–Kier alpha value is -0.200. The fourth-order valence-electron chi connectivity index (χ4n) is 1.20. The Morgan fingerprint density at radius 1 is 0.476 bits per heavy atom. The van der Waals surface area contributed by atoms with E-state index < -0.39 is 0 Å². The molecule has 0 atom stereocenters. The van der Waals surface area contributed by atoms with Gasteiger partial charge in [0.2, 0.25) is 0 Å². The van der Waals surface area contributed by atoms with Crippen molar-refractivity contribution in [3.63, 3.8) is 0 Å². The number of methoxy groups -OCH3 is 2. The van der Waals surface area contributed by atoms with E-state index in [0.717, 1.165) is 26.1 Å². The molecule has 130 valence electrons. The van der Waals surface area contributed by atoms with Crippen LogP contribution in [0.15, 0.2) is 0 Å². The van der Waals surface area contributed by atoms with E-state index in [2.05, 4.69) is 23.3 Å². The van der Waals surface area contributed by atoms with Crippen LogP contribution in [0.4, 0.5) is 0 Å². The summed E-state index contributed by atoms with van der Waals surface area (Å²) in [6.07, 6.45) is 4.65. The fraction of sp³-hybridized carbons (Fsp3) is 1.00. The molecule has 0 bridgehead atoms. The molecule has 0 aromatic carbocycles. The zero-order valence-electron chi connectivity index (χ0n) is 14.5. The number of ether oxygens (including phenoxy) is 5. The standard InChI is InChI=1S/C12H26O3.C4H10O2/c1-3-5-7-13-9-11-15-12-10-14-8-6-4-2;1-5-3-4-6-2/h3-12H2,1-2H3;3-4H2,1-2H3. The maximum Gasteiger partial charge on any atom is 0.0701 e. The second-order valence-electron chi connectivity index (χ2n) is 4.53. The van der Waals surface area contributed by atoms with Gasteiger partial charge in [0.1, 0.15) is 0 Å². The topological polar surface area (TPSA) is 46.2 Å². The molecule has 0 fully saturated rings. The summed E-state index contributed by atoms with van der Waals surface area (Å²) in [4.78, 5) is 0. The summed E-state index contributed by atoms with van der Waals surface area (Å²) in [6, 6.07) is 0. The molecule has 5 nitrogen and oxygen atoms in total. The summed E-state index contributed by atoms with van der Waals surface area (Å²) in [5.41, 5.74) is 0. The molecular formula is C16H36O5. The van der Waals surface area contributed by atoms with Crippen molar-refractivity contribution < 1.29 is 23.7 Å². The first-order valence-electron chi connectivity index (χ1n) is 8.04. The van der Waals surface area contributed by atoms with E-state index in [4.69, 9.17) is 14.2 Å². The van der Waals surface area contributed by atoms with Gasteiger partial charge in [-0.05, 0) is 12.8 Å². The maximum absolute atomic E-state index is 5.35. The average Bonchev–Trinajstić information content (AvgIpc) is 2.51. The van der Waals surface area contributed by atoms with Gasteiger partial charge in [-0.3, -0.25) is 0 Å². The largest absolute Gasteiger partial charge is 0.382 e. The van der Waals surface area contributed by atoms with E-state index in [9.17, 15) is 0 Å². The molecule has 0 amide bonds. The summed E-state index contributed by atoms with van der Waals surface area (Å²) < 4.78 is 25.4. The summed E-state index contributed by atoms with van der Waals surface area (Å²) >= 11 is 0. The van der Waals surface area contributed by atoms with Crippen LogP contribution in [0.5, 0.6) is 0 Å². The predicted molar refractivity (Wildman–Crippen MR) is 86.0 cm³/mol. The molecule has 0 unspecified atom stereocenters. The first-order chi connectivity index (χ1) is 10.3. The lowest BCUT2D eigenvalue weighted by molar-refractivity contribution is 0.0136. The van der Waals surface area contributed by atoms with Crippen LogP contribution in [0.25, 0.3) is 0 Å². The second kappa shape index (κ2) is 24.8. The van der Waals surface area contributed by atoms with Gasteiger partial charge in [-0.2, -0.15) is 0 Å². The van der Waals surface area contributed by atoms with E-state index in [1.807, 2.05) is 0 Å². The predicted octanol–water partition coefficient (Wildman–Crippen LogP) is 2.92. The molecule has 0 aliphatic heterocycles. The monoisotopic (exact) mass is 308 g/mol. The fourth-order valence-corrected chi connectivity index (χ4v) is 1.20. The van der Waals surface area contributed by atoms with Crippen molar-refractivity contribution in [2.45, 2.75) is 39.5 Å². The van der Waals surface area contributed by atoms with Crippen LogP contribution in [0.3, 0.4) is 0 Å². The van der Waals surface area contributed by atoms with Crippen LogP contribution in [0.1, 0.15) is 39.5 Å². The molecule has 0 N–H and O–H groups in total. The summed E-state index contributed by atoms with van der Waals surface area (Å²) in [6.45, 7) is 10.2. The molecule has 21 heavy (non-hydrogen) atoms. The van der Waals surface area contributed by atoms with E-state index in [1.165, 1.54) is 12.8 Å². The summed E-state index contributed by atoms with van der Waals surface area (Å²) in [7, 11) is 3.30. The minimum absolute atomic E-state index is 0.681. The van der Waals surface area contributed by atoms with Gasteiger partial charge in [0.15, 0.2) is 0 Å². The summed E-state index contributed by atoms with van der Waals surface area (Å²) in [5, 5.41) is 0. The van der Waals surface area contributed by atoms with Gasteiger partial charge >= 0.3 is 0 Å². The quantitative estimate of drug-likeness (QED) is 0.435. The van der Waals surface area contributed by atoms with E-state index >= 15 is 0 Å². The normalized spacial score (nSPS) is 10.3. The zero-order valence-corrected chi connectivity index (χ0v) is 14.5. The van der Waals surface area contributed by atoms with Crippen molar-refractivity contribution in [3.05, 3.63) is 0 Å². The minimum Gasteiger partial charge on any atom is -0.382 e. The molecule has 0 heterocycles. The van der Waals surface area contributed by atoms with Crippen molar-refractivity contribution in [2.75, 3.05) is 67.1 Å². The first-order valence-corrected chi connectivity index (χ1v) is 8.04. The highest BCUT2D eigenvalue weighted by atomic mass is 16.5. The molecule has 0 aromatic rings. The third kappa shape index (κ3) is 28.6. The van der Waals surface area contributed by atoms with Gasteiger partial charge in [-0.25, -0.2) is 0 Å². The van der Waals surface area contributed by atoms with Crippen LogP contribution in [0, 0.1) is 0 Å². The Morgan fingerprint density at radius 3 is 1.10 bits per heavy atom. The molecule has 0 aliphatic carbocycles. The third-order valence-corrected chi connectivity index (χ3v) is 2.52. The van der Waals surface area contributed by atoms with Gasteiger partial charge in [0.05, 0.1) is 39.6 Å². The Morgan fingerprint density at radius 2 is 0.810 bits per heavy atom. The van der Waals surface area contributed by atoms with E-state index in [0.29, 0.717) is 39.6 Å². The highest BCUT2D eigenvalue weighted by Gasteiger charge is 1.91. The average molecular weight is 308 g/mol. The molecule has 0 radical (unpaired) electrons. The smallest absolute Gasteiger partial charge is 0.0701 e. The number of hydrogen-bond donors (Lipinski definition) is 0. The Labute approximate surface area is 131 Å². The van der Waals surface area contributed by atoms with Crippen molar-refractivity contribution in [2.24, 2.45) is 0 Å². The zero-order chi connectivity index (χ0) is 16.0. The minimum atomic E-state index is 0.681. The lowest BCUT2D eigenvalue weighted by atomic mass is 10.4. The van der Waals surface area contributed by atoms with Crippen molar-refractivity contribution >= 4 is 0 Å². The van der Waals surface area contributed by atoms with Crippen molar-refractivity contribution in [3.8, 4) is 0 Å². The van der Waals surface area contributed by atoms with Gasteiger partial charge in [-0.1, -0.05) is 26.7 Å². The molecular weight excluding hydrogens is 272 g/mol. The molecule has 0 aromatic heterocycles. The SMILES string of the molecule is CCCCOCCOCCOCCCC.COCCOC. The lowest BCUT2D eigenvalue weighted by Crippen LogP contribution is -2.10. The van der Waals surface area contributed by atoms with Gasteiger partial charge < -0.3 is 23.7 Å². The van der Waals surface area contributed by atoms with Crippen molar-refractivity contribution in [1.82, 2.24) is 0 Å². The van der Waals surface area contributed by atoms with Crippen LogP contribution < -0.4 is 0 Å². The number of rotatable bonds is 15. The summed E-state index contributed by atoms with van der Waals surface area (Å²) in [5.74, 6) is 0. The van der Waals surface area contributed by atoms with Gasteiger partial charge in [0.25, 0.3) is 0 Å². The van der Waals surface area contributed by atoms with Crippen LogP contribution >= 0.6 is 0 Å². The highest BCUT2D eigenvalue weighted by Crippen LogP contribution is 1.89. The van der Waals surface area contributed by atoms with Crippen LogP contribution in [0.2, 0.25) is 0 Å². The van der Waals surface area contributed by atoms with Gasteiger partial charge in [0, 0.05) is 27.4 Å². The number of unbranched alkanes of at least 4 members (excludes halogenated alkanes) is 2. The van der Waals surface area contributed by atoms with Crippen molar-refractivity contribution in [1.29, 1.82) is 0 Å². The van der Waals surface area contributed by atoms with Crippen LogP contribution in [-0.4, -0.2) is 67.1 Å². The second-order valence-corrected chi connectivity index (χ2v) is 4.53. The Kier molecular flexibility index (Phi) is 27.2. The molecule has 0 spiro atoms. The molecule has 5 heteroatoms. The Bertz CT molecular complexity index is 140. The maximum atomic E-state index is 5.35. The Balaban J connectivity index is 0. The molecule has 0 saturated carbocycles. The van der Waals surface area contributed by atoms with E-state index in [-0.39, 0.29) is 0 Å². The molecule has 0 saturated heterocycles. The van der Waals surface area contributed by atoms with Gasteiger partial charge in [-0.15, -0.1) is 0 Å². The molecule has 0 rings (SSSR count). The lowest BCUT2D eigenvalue weighted by Gasteiger charge is -2.06. The highest BCUT2D eigenvalue weighted by molar-refractivity contribution is 4.36.